The summed E-state index contributed by atoms with van der Waals surface area (Å²) in [5.74, 6) is -0.800. The Balaban J connectivity index is 4.18. The second-order valence-corrected chi connectivity index (χ2v) is 6.00. The Bertz CT molecular complexity index is 264. The topological polar surface area (TPSA) is 58.6 Å². The smallest absolute Gasteiger partial charge is 0.323 e. The number of carboxylic acid groups (broad SMARTS) is 1. The molecule has 1 atom stereocenters. The van der Waals surface area contributed by atoms with Crippen molar-refractivity contribution in [3.05, 3.63) is 0 Å². The van der Waals surface area contributed by atoms with Crippen molar-refractivity contribution < 1.29 is 14.6 Å². The van der Waals surface area contributed by atoms with E-state index in [-0.39, 0.29) is 11.6 Å². The predicted molar refractivity (Wildman–Crippen MR) is 73.9 cm³/mol. The van der Waals surface area contributed by atoms with E-state index in [9.17, 15) is 9.90 Å². The molecular formula is C14H29NO3. The highest BCUT2D eigenvalue weighted by atomic mass is 16.5. The third kappa shape index (κ3) is 6.36. The van der Waals surface area contributed by atoms with Crippen molar-refractivity contribution in [2.75, 3.05) is 6.61 Å². The van der Waals surface area contributed by atoms with Crippen molar-refractivity contribution in [2.24, 2.45) is 0 Å². The zero-order valence-electron chi connectivity index (χ0n) is 12.7. The van der Waals surface area contributed by atoms with Crippen LogP contribution in [0.2, 0.25) is 0 Å². The summed E-state index contributed by atoms with van der Waals surface area (Å²) in [6.45, 7) is 12.4. The average molecular weight is 259 g/mol. The molecule has 0 aliphatic rings. The van der Waals surface area contributed by atoms with Crippen LogP contribution in [0.4, 0.5) is 0 Å². The summed E-state index contributed by atoms with van der Waals surface area (Å²) in [6.07, 6.45) is 2.26. The predicted octanol–water partition coefficient (Wildman–Crippen LogP) is 2.81. The van der Waals surface area contributed by atoms with Gasteiger partial charge in [-0.2, -0.15) is 0 Å². The SMILES string of the molecule is CCC(C)(C)OCCCC(C)(NC(C)C)C(=O)O. The van der Waals surface area contributed by atoms with Gasteiger partial charge in [-0.25, -0.2) is 0 Å². The number of carboxylic acids is 1. The van der Waals surface area contributed by atoms with Gasteiger partial charge in [0.25, 0.3) is 0 Å². The second-order valence-electron chi connectivity index (χ2n) is 6.00. The van der Waals surface area contributed by atoms with E-state index in [2.05, 4.69) is 26.1 Å². The molecule has 0 amide bonds. The van der Waals surface area contributed by atoms with Crippen molar-refractivity contribution in [2.45, 2.75) is 78.0 Å². The highest BCUT2D eigenvalue weighted by Gasteiger charge is 2.32. The number of rotatable bonds is 9. The summed E-state index contributed by atoms with van der Waals surface area (Å²) in [6, 6.07) is 0.152. The molecule has 0 aromatic heterocycles. The molecule has 4 heteroatoms. The first-order chi connectivity index (χ1) is 8.13. The van der Waals surface area contributed by atoms with E-state index in [1.54, 1.807) is 6.92 Å². The first kappa shape index (κ1) is 17.4. The van der Waals surface area contributed by atoms with Crippen LogP contribution in [0.25, 0.3) is 0 Å². The average Bonchev–Trinajstić information content (AvgIpc) is 2.23. The lowest BCUT2D eigenvalue weighted by molar-refractivity contribution is -0.145. The summed E-state index contributed by atoms with van der Waals surface area (Å²) in [5.41, 5.74) is -0.987. The highest BCUT2D eigenvalue weighted by Crippen LogP contribution is 2.17. The molecule has 108 valence electrons. The third-order valence-electron chi connectivity index (χ3n) is 3.24. The summed E-state index contributed by atoms with van der Waals surface area (Å²) in [5, 5.41) is 12.4. The Hall–Kier alpha value is -0.610. The second kappa shape index (κ2) is 7.10. The van der Waals surface area contributed by atoms with Gasteiger partial charge in [0.1, 0.15) is 5.54 Å². The standard InChI is InChI=1S/C14H29NO3/c1-7-13(4,5)18-10-8-9-14(6,12(16)17)15-11(2)3/h11,15H,7-10H2,1-6H3,(H,16,17). The minimum absolute atomic E-state index is 0.120. The minimum Gasteiger partial charge on any atom is -0.480 e. The lowest BCUT2D eigenvalue weighted by atomic mass is 9.95. The van der Waals surface area contributed by atoms with Crippen LogP contribution in [0.3, 0.4) is 0 Å². The van der Waals surface area contributed by atoms with Crippen LogP contribution in [0.5, 0.6) is 0 Å². The molecule has 0 fully saturated rings. The fraction of sp³-hybridized carbons (Fsp3) is 0.929. The number of ether oxygens (including phenoxy) is 1. The molecule has 2 N–H and O–H groups in total. The van der Waals surface area contributed by atoms with Gasteiger partial charge in [-0.1, -0.05) is 6.92 Å². The molecule has 0 spiro atoms. The summed E-state index contributed by atoms with van der Waals surface area (Å²) >= 11 is 0. The van der Waals surface area contributed by atoms with Gasteiger partial charge in [0.2, 0.25) is 0 Å². The van der Waals surface area contributed by atoms with Crippen molar-refractivity contribution in [3.63, 3.8) is 0 Å². The first-order valence-electron chi connectivity index (χ1n) is 6.78. The molecule has 0 aromatic carbocycles. The molecule has 0 aromatic rings. The minimum atomic E-state index is -0.867. The number of aliphatic carboxylic acids is 1. The van der Waals surface area contributed by atoms with E-state index in [1.165, 1.54) is 0 Å². The normalized spacial score (nSPS) is 15.7. The molecule has 0 aliphatic heterocycles. The molecule has 0 heterocycles. The molecule has 0 aliphatic carbocycles. The van der Waals surface area contributed by atoms with Gasteiger partial charge in [-0.15, -0.1) is 0 Å². The van der Waals surface area contributed by atoms with Crippen LogP contribution in [-0.2, 0) is 9.53 Å². The number of hydrogen-bond acceptors (Lipinski definition) is 3. The zero-order valence-corrected chi connectivity index (χ0v) is 12.7. The van der Waals surface area contributed by atoms with E-state index in [0.29, 0.717) is 13.0 Å². The molecule has 0 saturated heterocycles. The van der Waals surface area contributed by atoms with Crippen molar-refractivity contribution in [1.82, 2.24) is 5.32 Å². The van der Waals surface area contributed by atoms with Gasteiger partial charge >= 0.3 is 5.97 Å². The van der Waals surface area contributed by atoms with Crippen molar-refractivity contribution in [1.29, 1.82) is 0 Å². The lowest BCUT2D eigenvalue weighted by Crippen LogP contribution is -2.52. The Morgan fingerprint density at radius 2 is 1.89 bits per heavy atom. The Labute approximate surface area is 111 Å². The van der Waals surface area contributed by atoms with E-state index in [1.807, 2.05) is 13.8 Å². The molecule has 0 radical (unpaired) electrons. The fourth-order valence-electron chi connectivity index (χ4n) is 1.75. The molecule has 18 heavy (non-hydrogen) atoms. The number of hydrogen-bond donors (Lipinski definition) is 2. The van der Waals surface area contributed by atoms with Gasteiger partial charge in [0, 0.05) is 12.6 Å². The van der Waals surface area contributed by atoms with Crippen LogP contribution in [-0.4, -0.2) is 34.9 Å². The number of nitrogens with one attached hydrogen (secondary N) is 1. The maximum absolute atomic E-state index is 11.3. The van der Waals surface area contributed by atoms with Crippen LogP contribution >= 0.6 is 0 Å². The first-order valence-corrected chi connectivity index (χ1v) is 6.78. The van der Waals surface area contributed by atoms with Gasteiger partial charge in [-0.05, 0) is 53.9 Å². The van der Waals surface area contributed by atoms with E-state index in [4.69, 9.17) is 4.74 Å². The van der Waals surface area contributed by atoms with Gasteiger partial charge in [0.15, 0.2) is 0 Å². The van der Waals surface area contributed by atoms with Gasteiger partial charge < -0.3 is 9.84 Å². The molecule has 0 rings (SSSR count). The molecular weight excluding hydrogens is 230 g/mol. The molecule has 0 bridgehead atoms. The van der Waals surface area contributed by atoms with Crippen LogP contribution in [0.1, 0.15) is 60.8 Å². The zero-order chi connectivity index (χ0) is 14.4. The highest BCUT2D eigenvalue weighted by molar-refractivity contribution is 5.78. The van der Waals surface area contributed by atoms with E-state index < -0.39 is 11.5 Å². The van der Waals surface area contributed by atoms with Crippen molar-refractivity contribution in [3.8, 4) is 0 Å². The van der Waals surface area contributed by atoms with Crippen LogP contribution < -0.4 is 5.32 Å². The van der Waals surface area contributed by atoms with Crippen LogP contribution in [0.15, 0.2) is 0 Å². The quantitative estimate of drug-likeness (QED) is 0.625. The number of carbonyl (C=O) groups is 1. The lowest BCUT2D eigenvalue weighted by Gasteiger charge is -2.29. The fourth-order valence-corrected chi connectivity index (χ4v) is 1.75. The maximum atomic E-state index is 11.3. The molecule has 1 unspecified atom stereocenters. The van der Waals surface area contributed by atoms with E-state index >= 15 is 0 Å². The van der Waals surface area contributed by atoms with Crippen LogP contribution in [0, 0.1) is 0 Å². The summed E-state index contributed by atoms with van der Waals surface area (Å²) < 4.78 is 5.74. The monoisotopic (exact) mass is 259 g/mol. The Morgan fingerprint density at radius 1 is 1.33 bits per heavy atom. The molecule has 0 saturated carbocycles. The summed E-state index contributed by atoms with van der Waals surface area (Å²) in [4.78, 5) is 11.3. The summed E-state index contributed by atoms with van der Waals surface area (Å²) in [7, 11) is 0. The maximum Gasteiger partial charge on any atom is 0.323 e. The van der Waals surface area contributed by atoms with Gasteiger partial charge in [-0.3, -0.25) is 10.1 Å². The molecule has 4 nitrogen and oxygen atoms in total. The van der Waals surface area contributed by atoms with E-state index in [0.717, 1.165) is 12.8 Å². The Morgan fingerprint density at radius 3 is 2.28 bits per heavy atom. The largest absolute Gasteiger partial charge is 0.480 e. The van der Waals surface area contributed by atoms with Gasteiger partial charge in [0.05, 0.1) is 5.60 Å². The van der Waals surface area contributed by atoms with Crippen molar-refractivity contribution >= 4 is 5.97 Å². The third-order valence-corrected chi connectivity index (χ3v) is 3.24. The Kier molecular flexibility index (Phi) is 6.86.